The lowest BCUT2D eigenvalue weighted by atomic mass is 9.53. The molecule has 250 valence electrons. The van der Waals surface area contributed by atoms with E-state index >= 15 is 0 Å². The fraction of sp³-hybridized carbons (Fsp3) is 0.514. The average Bonchev–Trinajstić information content (AvgIpc) is 3.69. The number of epoxide rings is 1. The molecule has 0 amide bonds. The van der Waals surface area contributed by atoms with Crippen molar-refractivity contribution in [1.82, 2.24) is 0 Å². The highest BCUT2D eigenvalue weighted by molar-refractivity contribution is 6.05. The summed E-state index contributed by atoms with van der Waals surface area (Å²) in [5.41, 5.74) is -6.08. The van der Waals surface area contributed by atoms with Gasteiger partial charge in [-0.25, -0.2) is 4.79 Å². The Bertz CT molecular complexity index is 1610. The lowest BCUT2D eigenvalue weighted by Gasteiger charge is -2.61. The summed E-state index contributed by atoms with van der Waals surface area (Å²) in [6, 6.07) is 8.55. The number of ether oxygens (including phenoxy) is 5. The van der Waals surface area contributed by atoms with Gasteiger partial charge < -0.3 is 39.0 Å². The van der Waals surface area contributed by atoms with Crippen molar-refractivity contribution in [3.05, 3.63) is 96.2 Å². The van der Waals surface area contributed by atoms with Gasteiger partial charge in [-0.3, -0.25) is 4.79 Å². The van der Waals surface area contributed by atoms with Gasteiger partial charge in [0.2, 0.25) is 0 Å². The minimum atomic E-state index is -2.42. The quantitative estimate of drug-likeness (QED) is 0.158. The third-order valence-corrected chi connectivity index (χ3v) is 11.2. The number of hydrogen-bond donors (Lipinski definition) is 3. The third kappa shape index (κ3) is 4.10. The number of rotatable bonds is 9. The van der Waals surface area contributed by atoms with Crippen LogP contribution >= 0.6 is 0 Å². The fourth-order valence-corrected chi connectivity index (χ4v) is 9.03. The predicted octanol–water partition coefficient (Wildman–Crippen LogP) is 3.48. The van der Waals surface area contributed by atoms with Crippen molar-refractivity contribution in [1.29, 1.82) is 0 Å². The summed E-state index contributed by atoms with van der Waals surface area (Å²) in [4.78, 5) is 27.6. The molecule has 12 atom stereocenters. The van der Waals surface area contributed by atoms with Crippen LogP contribution in [0.3, 0.4) is 0 Å². The smallest absolute Gasteiger partial charge is 0.338 e. The molecule has 3 N–H and O–H groups in total. The summed E-state index contributed by atoms with van der Waals surface area (Å²) >= 11 is 0. The summed E-state index contributed by atoms with van der Waals surface area (Å²) in [6.07, 6.45) is 9.87. The number of carbonyl (C=O) groups is 2. The van der Waals surface area contributed by atoms with Crippen LogP contribution in [0.25, 0.3) is 0 Å². The van der Waals surface area contributed by atoms with Crippen LogP contribution in [0.1, 0.15) is 50.9 Å². The molecule has 7 rings (SSSR count). The standard InChI is InChI=1S/C37H42O10/c1-6-7-8-9-10-11-15-18-34-45-30-26-29-33(20-38,44-29)32(41)35(42)25(19-22(4)27(35)39)37(26,47-34)23(5)28(36(30,46-34)21(2)3)43-31(40)24-16-13-12-14-17-24/h8-19,23,25-26,28-30,32,38,41-42H,2,6-7,20H2,1,3-5H3/b9-8+,11-10+,18-15-/t23-,25-,26+,28-,29+,30-,32-,33+,34-,35-,36+,37+/m1/s1. The average molecular weight is 647 g/mol. The Labute approximate surface area is 274 Å². The molecule has 0 unspecified atom stereocenters. The van der Waals surface area contributed by atoms with Crippen LogP contribution in [0.5, 0.6) is 0 Å². The van der Waals surface area contributed by atoms with Crippen LogP contribution in [-0.2, 0) is 28.5 Å². The molecule has 47 heavy (non-hydrogen) atoms. The van der Waals surface area contributed by atoms with Gasteiger partial charge in [-0.05, 0) is 43.5 Å². The van der Waals surface area contributed by atoms with Crippen molar-refractivity contribution in [2.24, 2.45) is 17.8 Å². The number of allylic oxidation sites excluding steroid dienone is 5. The van der Waals surface area contributed by atoms with E-state index in [1.807, 2.05) is 19.1 Å². The molecule has 0 spiro atoms. The van der Waals surface area contributed by atoms with E-state index in [2.05, 4.69) is 19.6 Å². The predicted molar refractivity (Wildman–Crippen MR) is 169 cm³/mol. The van der Waals surface area contributed by atoms with Gasteiger partial charge in [0.1, 0.15) is 30.0 Å². The molecule has 10 nitrogen and oxygen atoms in total. The van der Waals surface area contributed by atoms with Gasteiger partial charge in [0.25, 0.3) is 0 Å². The number of aliphatic hydroxyl groups is 3. The highest BCUT2D eigenvalue weighted by Gasteiger charge is 2.90. The number of unbranched alkanes of at least 4 members (excludes halogenated alkanes) is 1. The Morgan fingerprint density at radius 3 is 2.49 bits per heavy atom. The summed E-state index contributed by atoms with van der Waals surface area (Å²) < 4.78 is 33.1. The maximum atomic E-state index is 13.8. The Kier molecular flexibility index (Phi) is 7.50. The van der Waals surface area contributed by atoms with Crippen molar-refractivity contribution in [2.75, 3.05) is 6.61 Å². The zero-order valence-corrected chi connectivity index (χ0v) is 27.0. The van der Waals surface area contributed by atoms with Crippen LogP contribution in [0.2, 0.25) is 0 Å². The zero-order valence-electron chi connectivity index (χ0n) is 27.0. The largest absolute Gasteiger partial charge is 0.455 e. The van der Waals surface area contributed by atoms with Gasteiger partial charge in [-0.2, -0.15) is 0 Å². The van der Waals surface area contributed by atoms with E-state index in [1.54, 1.807) is 68.5 Å². The highest BCUT2D eigenvalue weighted by atomic mass is 16.9. The number of carbonyl (C=O) groups excluding carboxylic acids is 2. The third-order valence-electron chi connectivity index (χ3n) is 11.2. The van der Waals surface area contributed by atoms with Crippen molar-refractivity contribution < 1.29 is 48.6 Å². The second kappa shape index (κ2) is 10.9. The van der Waals surface area contributed by atoms with Gasteiger partial charge in [-0.15, -0.1) is 0 Å². The second-order valence-corrected chi connectivity index (χ2v) is 13.8. The second-order valence-electron chi connectivity index (χ2n) is 13.8. The molecule has 10 heteroatoms. The number of hydrogen-bond acceptors (Lipinski definition) is 10. The molecule has 1 aromatic rings. The molecule has 1 aromatic carbocycles. The molecule has 3 aliphatic heterocycles. The first-order valence-electron chi connectivity index (χ1n) is 16.3. The van der Waals surface area contributed by atoms with Crippen LogP contribution in [0.4, 0.5) is 0 Å². The fourth-order valence-electron chi connectivity index (χ4n) is 9.03. The Morgan fingerprint density at radius 2 is 1.81 bits per heavy atom. The van der Waals surface area contributed by atoms with E-state index in [9.17, 15) is 24.9 Å². The summed E-state index contributed by atoms with van der Waals surface area (Å²) in [5, 5.41) is 34.9. The van der Waals surface area contributed by atoms with E-state index < -0.39 is 88.9 Å². The molecule has 3 bridgehead atoms. The van der Waals surface area contributed by atoms with Crippen LogP contribution in [0, 0.1) is 17.8 Å². The van der Waals surface area contributed by atoms with Crippen molar-refractivity contribution in [3.8, 4) is 0 Å². The molecule has 3 heterocycles. The van der Waals surface area contributed by atoms with Gasteiger partial charge in [-0.1, -0.05) is 81.5 Å². The Balaban J connectivity index is 1.43. The van der Waals surface area contributed by atoms with Gasteiger partial charge >= 0.3 is 11.9 Å². The first kappa shape index (κ1) is 32.3. The molecule has 6 aliphatic rings. The van der Waals surface area contributed by atoms with Crippen molar-refractivity contribution >= 4 is 11.8 Å². The molecule has 5 fully saturated rings. The SMILES string of the molecule is C=C(C)[C@@]12O[C@@]3(\C=C/C=C/C=C/CCC)O[C@@H]1[C@@H]1[C@@H]4O[C@]4(CO)[C@@H](O)[C@]4(O)C(=O)C(C)=C[C@H]4[C@@]1(O3)[C@H](C)[C@H]2OC(=O)c1ccccc1. The van der Waals surface area contributed by atoms with Crippen molar-refractivity contribution in [3.63, 3.8) is 0 Å². The molecule has 3 saturated heterocycles. The summed E-state index contributed by atoms with van der Waals surface area (Å²) in [7, 11) is 0. The summed E-state index contributed by atoms with van der Waals surface area (Å²) in [6.45, 7) is 10.9. The molecular formula is C37H42O10. The lowest BCUT2D eigenvalue weighted by molar-refractivity contribution is -0.407. The van der Waals surface area contributed by atoms with Crippen LogP contribution in [0.15, 0.2) is 90.6 Å². The number of fused-ring (bicyclic) bond motifs is 3. The lowest BCUT2D eigenvalue weighted by Crippen LogP contribution is -2.76. The van der Waals surface area contributed by atoms with Crippen molar-refractivity contribution in [2.45, 2.75) is 93.3 Å². The number of Topliss-reactive ketones (excluding diaryl/α,β-unsaturated/α-hetero) is 1. The maximum absolute atomic E-state index is 13.8. The van der Waals surface area contributed by atoms with E-state index in [1.165, 1.54) is 0 Å². The Hall–Kier alpha value is -3.22. The van der Waals surface area contributed by atoms with E-state index in [4.69, 9.17) is 23.7 Å². The maximum Gasteiger partial charge on any atom is 0.338 e. The Morgan fingerprint density at radius 1 is 1.09 bits per heavy atom. The first-order chi connectivity index (χ1) is 22.4. The van der Waals surface area contributed by atoms with E-state index in [0.717, 1.165) is 12.8 Å². The van der Waals surface area contributed by atoms with Gasteiger partial charge in [0, 0.05) is 23.8 Å². The number of aliphatic hydroxyl groups excluding tert-OH is 2. The molecular weight excluding hydrogens is 604 g/mol. The monoisotopic (exact) mass is 646 g/mol. The molecule has 0 aromatic heterocycles. The number of esters is 1. The molecule has 0 radical (unpaired) electrons. The normalized spacial score (nSPS) is 46.0. The minimum absolute atomic E-state index is 0.230. The summed E-state index contributed by atoms with van der Waals surface area (Å²) in [5.74, 6) is -5.89. The first-order valence-corrected chi connectivity index (χ1v) is 16.3. The van der Waals surface area contributed by atoms with Gasteiger partial charge in [0.15, 0.2) is 17.0 Å². The molecule has 2 saturated carbocycles. The topological polar surface area (TPSA) is 144 Å². The molecule has 3 aliphatic carbocycles. The number of ketones is 1. The van der Waals surface area contributed by atoms with Gasteiger partial charge in [0.05, 0.1) is 17.8 Å². The zero-order chi connectivity index (χ0) is 33.6. The highest BCUT2D eigenvalue weighted by Crippen LogP contribution is 2.73. The number of benzene rings is 1. The van der Waals surface area contributed by atoms with Crippen LogP contribution in [-0.4, -0.2) is 86.5 Å². The van der Waals surface area contributed by atoms with E-state index in [-0.39, 0.29) is 5.57 Å². The van der Waals surface area contributed by atoms with E-state index in [0.29, 0.717) is 11.1 Å². The minimum Gasteiger partial charge on any atom is -0.455 e. The van der Waals surface area contributed by atoms with Crippen LogP contribution < -0.4 is 0 Å².